The number of nitrogen functional groups attached to an aromatic ring is 1. The lowest BCUT2D eigenvalue weighted by Crippen LogP contribution is -2.40. The second-order valence-corrected chi connectivity index (χ2v) is 6.32. The van der Waals surface area contributed by atoms with Crippen LogP contribution in [0.2, 0.25) is 0 Å². The van der Waals surface area contributed by atoms with Gasteiger partial charge in [0.1, 0.15) is 17.5 Å². The van der Waals surface area contributed by atoms with Gasteiger partial charge in [0.25, 0.3) is 0 Å². The highest BCUT2D eigenvalue weighted by Crippen LogP contribution is 2.31. The number of likely N-dealkylation sites (tertiary alicyclic amines) is 1. The van der Waals surface area contributed by atoms with Crippen LogP contribution in [0.4, 0.5) is 11.6 Å². The van der Waals surface area contributed by atoms with E-state index < -0.39 is 0 Å². The predicted octanol–water partition coefficient (Wildman–Crippen LogP) is 2.07. The molecule has 1 saturated heterocycles. The molecule has 112 valence electrons. The van der Waals surface area contributed by atoms with E-state index in [9.17, 15) is 0 Å². The zero-order chi connectivity index (χ0) is 14.8. The fourth-order valence-corrected chi connectivity index (χ4v) is 2.54. The van der Waals surface area contributed by atoms with E-state index in [1.165, 1.54) is 25.9 Å². The van der Waals surface area contributed by atoms with Crippen molar-refractivity contribution in [2.45, 2.75) is 40.0 Å². The molecule has 0 bridgehead atoms. The number of piperidine rings is 1. The van der Waals surface area contributed by atoms with E-state index >= 15 is 0 Å². The Morgan fingerprint density at radius 3 is 2.55 bits per heavy atom. The number of nitrogens with two attached hydrogens (primary N) is 1. The van der Waals surface area contributed by atoms with Crippen molar-refractivity contribution in [1.82, 2.24) is 14.9 Å². The summed E-state index contributed by atoms with van der Waals surface area (Å²) in [7, 11) is 2.19. The molecule has 2 rings (SSSR count). The Morgan fingerprint density at radius 2 is 1.95 bits per heavy atom. The van der Waals surface area contributed by atoms with Gasteiger partial charge in [-0.25, -0.2) is 9.97 Å². The number of aryl methyl sites for hydroxylation is 1. The van der Waals surface area contributed by atoms with E-state index in [0.717, 1.165) is 30.2 Å². The van der Waals surface area contributed by atoms with Crippen LogP contribution in [0.3, 0.4) is 0 Å². The van der Waals surface area contributed by atoms with Gasteiger partial charge in [-0.05, 0) is 45.3 Å². The maximum atomic E-state index is 5.96. The number of aromatic nitrogens is 2. The van der Waals surface area contributed by atoms with Gasteiger partial charge in [-0.15, -0.1) is 0 Å². The lowest BCUT2D eigenvalue weighted by Gasteiger charge is -2.38. The highest BCUT2D eigenvalue weighted by atomic mass is 15.1. The van der Waals surface area contributed by atoms with Crippen molar-refractivity contribution < 1.29 is 0 Å². The molecule has 1 aromatic heterocycles. The third-order valence-corrected chi connectivity index (χ3v) is 4.42. The highest BCUT2D eigenvalue weighted by molar-refractivity contribution is 5.54. The van der Waals surface area contributed by atoms with Crippen molar-refractivity contribution in [3.8, 4) is 0 Å². The number of rotatable bonds is 4. The molecule has 0 amide bonds. The first-order valence-electron chi connectivity index (χ1n) is 7.49. The summed E-state index contributed by atoms with van der Waals surface area (Å²) < 4.78 is 0. The third kappa shape index (κ3) is 3.39. The summed E-state index contributed by atoms with van der Waals surface area (Å²) in [6, 6.07) is 0. The van der Waals surface area contributed by atoms with Gasteiger partial charge >= 0.3 is 0 Å². The molecule has 1 aliphatic rings. The molecule has 0 aromatic carbocycles. The molecular weight excluding hydrogens is 250 g/mol. The van der Waals surface area contributed by atoms with Crippen LogP contribution in [0.15, 0.2) is 0 Å². The number of nitrogens with zero attached hydrogens (tertiary/aromatic N) is 3. The predicted molar refractivity (Wildman–Crippen MR) is 83.9 cm³/mol. The van der Waals surface area contributed by atoms with Crippen LogP contribution in [0.5, 0.6) is 0 Å². The van der Waals surface area contributed by atoms with Gasteiger partial charge in [-0.2, -0.15) is 0 Å². The summed E-state index contributed by atoms with van der Waals surface area (Å²) in [6.45, 7) is 9.67. The standard InChI is InChI=1S/C15H27N5/c1-5-12-18-13(16)11(2)14(19-12)17-10-15(3)6-8-20(4)9-7-15/h5-10H2,1-4H3,(H3,16,17,18,19). The van der Waals surface area contributed by atoms with E-state index in [1.807, 2.05) is 13.8 Å². The van der Waals surface area contributed by atoms with E-state index in [2.05, 4.69) is 34.2 Å². The first kappa shape index (κ1) is 15.0. The fourth-order valence-electron chi connectivity index (χ4n) is 2.54. The van der Waals surface area contributed by atoms with Gasteiger partial charge in [0, 0.05) is 18.5 Å². The largest absolute Gasteiger partial charge is 0.383 e. The van der Waals surface area contributed by atoms with Crippen LogP contribution in [-0.4, -0.2) is 41.5 Å². The number of hydrogen-bond donors (Lipinski definition) is 2. The maximum absolute atomic E-state index is 5.96. The van der Waals surface area contributed by atoms with Gasteiger partial charge in [0.15, 0.2) is 0 Å². The molecule has 0 atom stereocenters. The van der Waals surface area contributed by atoms with Crippen LogP contribution in [-0.2, 0) is 6.42 Å². The normalized spacial score (nSPS) is 19.0. The summed E-state index contributed by atoms with van der Waals surface area (Å²) >= 11 is 0. The number of nitrogens with one attached hydrogen (secondary N) is 1. The number of hydrogen-bond acceptors (Lipinski definition) is 5. The number of anilines is 2. The molecule has 1 aromatic rings. The first-order chi connectivity index (χ1) is 9.43. The van der Waals surface area contributed by atoms with Crippen molar-refractivity contribution in [3.05, 3.63) is 11.4 Å². The van der Waals surface area contributed by atoms with Crippen molar-refractivity contribution >= 4 is 11.6 Å². The minimum atomic E-state index is 0.338. The van der Waals surface area contributed by atoms with Gasteiger partial charge in [-0.1, -0.05) is 13.8 Å². The van der Waals surface area contributed by atoms with Crippen LogP contribution >= 0.6 is 0 Å². The van der Waals surface area contributed by atoms with Crippen LogP contribution in [0.1, 0.15) is 38.1 Å². The van der Waals surface area contributed by atoms with Crippen LogP contribution < -0.4 is 11.1 Å². The summed E-state index contributed by atoms with van der Waals surface area (Å²) in [4.78, 5) is 11.3. The van der Waals surface area contributed by atoms with E-state index in [0.29, 0.717) is 11.2 Å². The van der Waals surface area contributed by atoms with E-state index in [1.54, 1.807) is 0 Å². The van der Waals surface area contributed by atoms with Gasteiger partial charge in [0.05, 0.1) is 0 Å². The van der Waals surface area contributed by atoms with Gasteiger partial charge in [0.2, 0.25) is 0 Å². The first-order valence-corrected chi connectivity index (χ1v) is 7.49. The third-order valence-electron chi connectivity index (χ3n) is 4.42. The zero-order valence-electron chi connectivity index (χ0n) is 13.2. The molecule has 0 spiro atoms. The quantitative estimate of drug-likeness (QED) is 0.882. The zero-order valence-corrected chi connectivity index (χ0v) is 13.2. The smallest absolute Gasteiger partial charge is 0.134 e. The van der Waals surface area contributed by atoms with Crippen molar-refractivity contribution in [1.29, 1.82) is 0 Å². The van der Waals surface area contributed by atoms with Crippen molar-refractivity contribution in [2.24, 2.45) is 5.41 Å². The molecule has 1 aliphatic heterocycles. The second-order valence-electron chi connectivity index (χ2n) is 6.32. The highest BCUT2D eigenvalue weighted by Gasteiger charge is 2.28. The molecule has 5 heteroatoms. The molecule has 0 saturated carbocycles. The van der Waals surface area contributed by atoms with E-state index in [-0.39, 0.29) is 0 Å². The molecule has 0 unspecified atom stereocenters. The summed E-state index contributed by atoms with van der Waals surface area (Å²) in [5.41, 5.74) is 7.25. The minimum Gasteiger partial charge on any atom is -0.383 e. The summed E-state index contributed by atoms with van der Waals surface area (Å²) in [5.74, 6) is 2.30. The Kier molecular flexibility index (Phi) is 4.48. The monoisotopic (exact) mass is 277 g/mol. The fraction of sp³-hybridized carbons (Fsp3) is 0.733. The Hall–Kier alpha value is -1.36. The Morgan fingerprint density at radius 1 is 1.30 bits per heavy atom. The van der Waals surface area contributed by atoms with Gasteiger partial charge < -0.3 is 16.0 Å². The molecule has 0 radical (unpaired) electrons. The molecular formula is C15H27N5. The second kappa shape index (κ2) is 5.95. The van der Waals surface area contributed by atoms with Crippen molar-refractivity contribution in [2.75, 3.05) is 37.7 Å². The van der Waals surface area contributed by atoms with Gasteiger partial charge in [-0.3, -0.25) is 0 Å². The molecule has 0 aliphatic carbocycles. The summed E-state index contributed by atoms with van der Waals surface area (Å²) in [6.07, 6.45) is 3.24. The summed E-state index contributed by atoms with van der Waals surface area (Å²) in [5, 5.41) is 3.50. The maximum Gasteiger partial charge on any atom is 0.134 e. The SMILES string of the molecule is CCc1nc(N)c(C)c(NCC2(C)CCN(C)CC2)n1. The molecule has 5 nitrogen and oxygen atoms in total. The lowest BCUT2D eigenvalue weighted by atomic mass is 9.80. The van der Waals surface area contributed by atoms with Crippen LogP contribution in [0.25, 0.3) is 0 Å². The van der Waals surface area contributed by atoms with Crippen molar-refractivity contribution in [3.63, 3.8) is 0 Å². The Labute approximate surface area is 122 Å². The average molecular weight is 277 g/mol. The molecule has 2 heterocycles. The van der Waals surface area contributed by atoms with Crippen LogP contribution in [0, 0.1) is 12.3 Å². The van der Waals surface area contributed by atoms with E-state index in [4.69, 9.17) is 5.73 Å². The molecule has 1 fully saturated rings. The lowest BCUT2D eigenvalue weighted by molar-refractivity contribution is 0.150. The average Bonchev–Trinajstić information content (AvgIpc) is 2.44. The molecule has 3 N–H and O–H groups in total. The minimum absolute atomic E-state index is 0.338. The Bertz CT molecular complexity index is 464. The Balaban J connectivity index is 2.05. The topological polar surface area (TPSA) is 67.1 Å². The molecule has 20 heavy (non-hydrogen) atoms.